The molecule has 0 aliphatic heterocycles. The predicted octanol–water partition coefficient (Wildman–Crippen LogP) is 0.712. The van der Waals surface area contributed by atoms with Gasteiger partial charge in [-0.2, -0.15) is 17.4 Å². The van der Waals surface area contributed by atoms with E-state index < -0.39 is 10.2 Å². The third-order valence-electron chi connectivity index (χ3n) is 3.55. The monoisotopic (exact) mass is 264 g/mol. The Balaban J connectivity index is 2.68. The van der Waals surface area contributed by atoms with Crippen molar-refractivity contribution in [2.75, 3.05) is 13.7 Å². The van der Waals surface area contributed by atoms with Crippen LogP contribution in [0.5, 0.6) is 0 Å². The van der Waals surface area contributed by atoms with E-state index in [2.05, 4.69) is 4.72 Å². The molecule has 6 heteroatoms. The van der Waals surface area contributed by atoms with Crippen molar-refractivity contribution in [3.05, 3.63) is 0 Å². The van der Waals surface area contributed by atoms with Crippen molar-refractivity contribution in [2.45, 2.75) is 51.6 Å². The Bertz CT molecular complexity index is 330. The molecule has 0 aromatic heterocycles. The molecular formula is C11H24N2O3S. The summed E-state index contributed by atoms with van der Waals surface area (Å²) in [6, 6.07) is -0.191. The highest BCUT2D eigenvalue weighted by Crippen LogP contribution is 2.24. The Hall–Kier alpha value is -0.170. The molecule has 2 unspecified atom stereocenters. The lowest BCUT2D eigenvalue weighted by atomic mass is 9.86. The van der Waals surface area contributed by atoms with Crippen molar-refractivity contribution in [3.8, 4) is 0 Å². The van der Waals surface area contributed by atoms with E-state index in [1.54, 1.807) is 7.05 Å². The molecular weight excluding hydrogens is 240 g/mol. The molecule has 102 valence electrons. The lowest BCUT2D eigenvalue weighted by Gasteiger charge is -2.32. The normalized spacial score (nSPS) is 26.7. The molecule has 2 N–H and O–H groups in total. The van der Waals surface area contributed by atoms with E-state index in [0.717, 1.165) is 25.7 Å². The van der Waals surface area contributed by atoms with Gasteiger partial charge in [-0.3, -0.25) is 0 Å². The van der Waals surface area contributed by atoms with Gasteiger partial charge in [-0.25, -0.2) is 0 Å². The Morgan fingerprint density at radius 1 is 1.35 bits per heavy atom. The summed E-state index contributed by atoms with van der Waals surface area (Å²) in [4.78, 5) is 0. The van der Waals surface area contributed by atoms with Gasteiger partial charge in [0, 0.05) is 25.7 Å². The maximum atomic E-state index is 12.0. The molecule has 0 aromatic carbocycles. The number of rotatable bonds is 5. The zero-order valence-electron chi connectivity index (χ0n) is 10.9. The zero-order valence-corrected chi connectivity index (χ0v) is 11.7. The van der Waals surface area contributed by atoms with Crippen LogP contribution < -0.4 is 4.72 Å². The highest BCUT2D eigenvalue weighted by molar-refractivity contribution is 7.87. The average Bonchev–Trinajstić information content (AvgIpc) is 2.28. The molecule has 1 rings (SSSR count). The Labute approximate surface area is 104 Å². The van der Waals surface area contributed by atoms with Crippen LogP contribution in [0, 0.1) is 5.92 Å². The highest BCUT2D eigenvalue weighted by atomic mass is 32.2. The highest BCUT2D eigenvalue weighted by Gasteiger charge is 2.30. The van der Waals surface area contributed by atoms with Gasteiger partial charge in [-0.05, 0) is 32.6 Å². The summed E-state index contributed by atoms with van der Waals surface area (Å²) < 4.78 is 28.1. The second kappa shape index (κ2) is 6.13. The van der Waals surface area contributed by atoms with Crippen LogP contribution in [0.4, 0.5) is 0 Å². The first-order chi connectivity index (χ1) is 7.88. The minimum atomic E-state index is -3.43. The lowest BCUT2D eigenvalue weighted by molar-refractivity contribution is 0.163. The smallest absolute Gasteiger partial charge is 0.279 e. The van der Waals surface area contributed by atoms with E-state index in [4.69, 9.17) is 0 Å². The molecule has 0 amide bonds. The maximum Gasteiger partial charge on any atom is 0.279 e. The number of hydrogen-bond donors (Lipinski definition) is 2. The van der Waals surface area contributed by atoms with Gasteiger partial charge in [-0.15, -0.1) is 0 Å². The molecule has 0 saturated heterocycles. The summed E-state index contributed by atoms with van der Waals surface area (Å²) >= 11 is 0. The predicted molar refractivity (Wildman–Crippen MR) is 67.8 cm³/mol. The molecule has 0 heterocycles. The molecule has 1 aliphatic rings. The van der Waals surface area contributed by atoms with Gasteiger partial charge in [0.25, 0.3) is 10.2 Å². The number of nitrogens with one attached hydrogen (secondary N) is 1. The SMILES string of the molecule is CC(C)N(C)S(=O)(=O)NC1CCCCC1CO. The first-order valence-corrected chi connectivity index (χ1v) is 7.68. The summed E-state index contributed by atoms with van der Waals surface area (Å²) in [7, 11) is -1.86. The molecule has 0 radical (unpaired) electrons. The van der Waals surface area contributed by atoms with Crippen molar-refractivity contribution in [2.24, 2.45) is 5.92 Å². The quantitative estimate of drug-likeness (QED) is 0.768. The number of hydrogen-bond acceptors (Lipinski definition) is 3. The number of aliphatic hydroxyl groups excluding tert-OH is 1. The van der Waals surface area contributed by atoms with Crippen LogP contribution in [0.2, 0.25) is 0 Å². The van der Waals surface area contributed by atoms with Gasteiger partial charge in [0.05, 0.1) is 0 Å². The molecule has 0 spiro atoms. The molecule has 0 aromatic rings. The molecule has 5 nitrogen and oxygen atoms in total. The van der Waals surface area contributed by atoms with Crippen LogP contribution in [0.3, 0.4) is 0 Å². The van der Waals surface area contributed by atoms with Crippen molar-refractivity contribution in [3.63, 3.8) is 0 Å². The van der Waals surface area contributed by atoms with Gasteiger partial charge in [0.2, 0.25) is 0 Å². The second-order valence-corrected chi connectivity index (χ2v) is 6.83. The molecule has 1 aliphatic carbocycles. The molecule has 0 bridgehead atoms. The molecule has 2 atom stereocenters. The molecule has 1 saturated carbocycles. The van der Waals surface area contributed by atoms with Crippen LogP contribution in [-0.4, -0.2) is 43.6 Å². The summed E-state index contributed by atoms with van der Waals surface area (Å²) in [5.41, 5.74) is 0. The van der Waals surface area contributed by atoms with Crippen LogP contribution in [0.15, 0.2) is 0 Å². The molecule has 17 heavy (non-hydrogen) atoms. The third-order valence-corrected chi connectivity index (χ3v) is 5.33. The summed E-state index contributed by atoms with van der Waals surface area (Å²) in [6.45, 7) is 3.73. The van der Waals surface area contributed by atoms with E-state index in [1.807, 2.05) is 13.8 Å². The Morgan fingerprint density at radius 2 is 1.94 bits per heavy atom. The van der Waals surface area contributed by atoms with Gasteiger partial charge in [0.15, 0.2) is 0 Å². The van der Waals surface area contributed by atoms with E-state index >= 15 is 0 Å². The van der Waals surface area contributed by atoms with E-state index in [-0.39, 0.29) is 24.6 Å². The van der Waals surface area contributed by atoms with Crippen molar-refractivity contribution >= 4 is 10.2 Å². The summed E-state index contributed by atoms with van der Waals surface area (Å²) in [6.07, 6.45) is 3.81. The van der Waals surface area contributed by atoms with Crippen molar-refractivity contribution in [1.82, 2.24) is 9.03 Å². The van der Waals surface area contributed by atoms with Crippen LogP contribution in [0.1, 0.15) is 39.5 Å². The van der Waals surface area contributed by atoms with Gasteiger partial charge in [0.1, 0.15) is 0 Å². The average molecular weight is 264 g/mol. The van der Waals surface area contributed by atoms with Gasteiger partial charge < -0.3 is 5.11 Å². The first-order valence-electron chi connectivity index (χ1n) is 6.24. The lowest BCUT2D eigenvalue weighted by Crippen LogP contribution is -2.50. The van der Waals surface area contributed by atoms with E-state index in [1.165, 1.54) is 4.31 Å². The maximum absolute atomic E-state index is 12.0. The fraction of sp³-hybridized carbons (Fsp3) is 1.00. The van der Waals surface area contributed by atoms with E-state index in [0.29, 0.717) is 0 Å². The van der Waals surface area contributed by atoms with Gasteiger partial charge >= 0.3 is 0 Å². The minimum Gasteiger partial charge on any atom is -0.396 e. The summed E-state index contributed by atoms with van der Waals surface area (Å²) in [5.74, 6) is 0.0547. The topological polar surface area (TPSA) is 69.6 Å². The fourth-order valence-corrected chi connectivity index (χ4v) is 3.55. The zero-order chi connectivity index (χ0) is 13.1. The second-order valence-electron chi connectivity index (χ2n) is 5.07. The minimum absolute atomic E-state index is 0.0541. The van der Waals surface area contributed by atoms with Crippen molar-refractivity contribution in [1.29, 1.82) is 0 Å². The van der Waals surface area contributed by atoms with Crippen molar-refractivity contribution < 1.29 is 13.5 Å². The largest absolute Gasteiger partial charge is 0.396 e. The first kappa shape index (κ1) is 14.9. The van der Waals surface area contributed by atoms with E-state index in [9.17, 15) is 13.5 Å². The fourth-order valence-electron chi connectivity index (χ4n) is 2.13. The third kappa shape index (κ3) is 3.91. The van der Waals surface area contributed by atoms with Crippen LogP contribution >= 0.6 is 0 Å². The number of nitrogens with zero attached hydrogens (tertiary/aromatic N) is 1. The standard InChI is InChI=1S/C11H24N2O3S/c1-9(2)13(3)17(15,16)12-11-7-5-4-6-10(11)8-14/h9-12,14H,4-8H2,1-3H3. The Kier molecular flexibility index (Phi) is 5.37. The van der Waals surface area contributed by atoms with Crippen LogP contribution in [0.25, 0.3) is 0 Å². The summed E-state index contributed by atoms with van der Waals surface area (Å²) in [5, 5.41) is 9.26. The Morgan fingerprint density at radius 3 is 2.47 bits per heavy atom. The van der Waals surface area contributed by atoms with Gasteiger partial charge in [-0.1, -0.05) is 12.8 Å². The molecule has 1 fully saturated rings. The van der Waals surface area contributed by atoms with Crippen LogP contribution in [-0.2, 0) is 10.2 Å². The number of aliphatic hydroxyl groups is 1.